The minimum Gasteiger partial charge on any atom is -0.481 e. The van der Waals surface area contributed by atoms with Crippen LogP contribution in [-0.2, 0) is 4.79 Å². The van der Waals surface area contributed by atoms with Gasteiger partial charge in [0.2, 0.25) is 5.82 Å². The van der Waals surface area contributed by atoms with Gasteiger partial charge in [-0.15, -0.1) is 0 Å². The number of ether oxygens (including phenoxy) is 1. The summed E-state index contributed by atoms with van der Waals surface area (Å²) < 4.78 is 23.1. The maximum Gasteiger partial charge on any atom is 0.266 e. The molecule has 7 heteroatoms. The van der Waals surface area contributed by atoms with Crippen molar-refractivity contribution in [1.29, 1.82) is 0 Å². The van der Waals surface area contributed by atoms with E-state index in [0.717, 1.165) is 5.56 Å². The Kier molecular flexibility index (Phi) is 4.51. The van der Waals surface area contributed by atoms with Gasteiger partial charge in [-0.1, -0.05) is 30.3 Å². The van der Waals surface area contributed by atoms with Crippen LogP contribution in [0.4, 0.5) is 10.2 Å². The number of amides is 1. The fourth-order valence-corrected chi connectivity index (χ4v) is 2.05. The Hall–Kier alpha value is -3.22. The first kappa shape index (κ1) is 15.7. The van der Waals surface area contributed by atoms with Crippen molar-refractivity contribution in [1.82, 2.24) is 10.3 Å². The summed E-state index contributed by atoms with van der Waals surface area (Å²) in [6, 6.07) is 14.6. The number of rotatable bonds is 5. The number of nitrogens with one attached hydrogen (secondary N) is 1. The number of hydrogen-bond donors (Lipinski definition) is 1. The van der Waals surface area contributed by atoms with Crippen LogP contribution >= 0.6 is 0 Å². The SMILES string of the molecule is CC(Oc1ccc(F)cc1)C(=O)Nc1nonc1-c1ccccc1. The molecule has 0 aliphatic rings. The van der Waals surface area contributed by atoms with E-state index in [1.807, 2.05) is 30.3 Å². The monoisotopic (exact) mass is 327 g/mol. The highest BCUT2D eigenvalue weighted by molar-refractivity contribution is 5.95. The lowest BCUT2D eigenvalue weighted by Gasteiger charge is -2.13. The molecule has 1 amide bonds. The van der Waals surface area contributed by atoms with Gasteiger partial charge in [-0.2, -0.15) is 0 Å². The van der Waals surface area contributed by atoms with Gasteiger partial charge >= 0.3 is 0 Å². The molecule has 0 aliphatic carbocycles. The second-order valence-electron chi connectivity index (χ2n) is 5.03. The first-order valence-corrected chi connectivity index (χ1v) is 7.24. The lowest BCUT2D eigenvalue weighted by Crippen LogP contribution is -2.30. The van der Waals surface area contributed by atoms with Gasteiger partial charge in [-0.05, 0) is 41.5 Å². The van der Waals surface area contributed by atoms with E-state index >= 15 is 0 Å². The Labute approximate surface area is 137 Å². The van der Waals surface area contributed by atoms with E-state index in [2.05, 4.69) is 15.6 Å². The zero-order valence-electron chi connectivity index (χ0n) is 12.8. The van der Waals surface area contributed by atoms with Crippen molar-refractivity contribution in [3.05, 3.63) is 60.4 Å². The Morgan fingerprint density at radius 3 is 2.54 bits per heavy atom. The van der Waals surface area contributed by atoms with Crippen LogP contribution in [0.25, 0.3) is 11.3 Å². The average molecular weight is 327 g/mol. The van der Waals surface area contributed by atoms with Gasteiger partial charge in [0.15, 0.2) is 11.8 Å². The number of hydrogen-bond acceptors (Lipinski definition) is 5. The van der Waals surface area contributed by atoms with E-state index in [1.165, 1.54) is 24.3 Å². The Morgan fingerprint density at radius 1 is 1.12 bits per heavy atom. The number of carbonyl (C=O) groups is 1. The Balaban J connectivity index is 1.69. The summed E-state index contributed by atoms with van der Waals surface area (Å²) in [6.07, 6.45) is -0.809. The fraction of sp³-hybridized carbons (Fsp3) is 0.118. The van der Waals surface area contributed by atoms with Crippen molar-refractivity contribution in [2.75, 3.05) is 5.32 Å². The summed E-state index contributed by atoms with van der Waals surface area (Å²) >= 11 is 0. The van der Waals surface area contributed by atoms with Crippen molar-refractivity contribution in [3.8, 4) is 17.0 Å². The molecule has 24 heavy (non-hydrogen) atoms. The maximum atomic E-state index is 12.9. The van der Waals surface area contributed by atoms with E-state index in [0.29, 0.717) is 11.4 Å². The highest BCUT2D eigenvalue weighted by Crippen LogP contribution is 2.24. The van der Waals surface area contributed by atoms with E-state index in [9.17, 15) is 9.18 Å². The van der Waals surface area contributed by atoms with Crippen LogP contribution in [0.1, 0.15) is 6.92 Å². The van der Waals surface area contributed by atoms with Crippen molar-refractivity contribution < 1.29 is 18.6 Å². The molecule has 3 rings (SSSR count). The molecule has 0 fully saturated rings. The molecule has 1 atom stereocenters. The molecule has 0 saturated heterocycles. The fourth-order valence-electron chi connectivity index (χ4n) is 2.05. The molecular formula is C17H14FN3O3. The van der Waals surface area contributed by atoms with Crippen molar-refractivity contribution in [2.45, 2.75) is 13.0 Å². The molecule has 1 unspecified atom stereocenters. The lowest BCUT2D eigenvalue weighted by molar-refractivity contribution is -0.122. The van der Waals surface area contributed by atoms with Gasteiger partial charge in [-0.25, -0.2) is 9.02 Å². The molecule has 3 aromatic rings. The predicted octanol–water partition coefficient (Wildman–Crippen LogP) is 3.28. The number of carbonyl (C=O) groups excluding carboxylic acids is 1. The van der Waals surface area contributed by atoms with Gasteiger partial charge in [0, 0.05) is 5.56 Å². The van der Waals surface area contributed by atoms with E-state index in [4.69, 9.17) is 9.37 Å². The zero-order valence-corrected chi connectivity index (χ0v) is 12.8. The third-order valence-corrected chi connectivity index (χ3v) is 3.27. The third kappa shape index (κ3) is 3.57. The summed E-state index contributed by atoms with van der Waals surface area (Å²) in [4.78, 5) is 12.2. The molecule has 0 aliphatic heterocycles. The van der Waals surface area contributed by atoms with E-state index in [1.54, 1.807) is 6.92 Å². The molecule has 2 aromatic carbocycles. The molecule has 0 radical (unpaired) electrons. The largest absolute Gasteiger partial charge is 0.481 e. The second kappa shape index (κ2) is 6.91. The smallest absolute Gasteiger partial charge is 0.266 e. The van der Waals surface area contributed by atoms with E-state index < -0.39 is 12.0 Å². The summed E-state index contributed by atoms with van der Waals surface area (Å²) in [7, 11) is 0. The molecule has 122 valence electrons. The zero-order chi connectivity index (χ0) is 16.9. The normalized spacial score (nSPS) is 11.8. The molecule has 1 aromatic heterocycles. The minimum absolute atomic E-state index is 0.209. The van der Waals surface area contributed by atoms with Gasteiger partial charge in [-0.3, -0.25) is 4.79 Å². The lowest BCUT2D eigenvalue weighted by atomic mass is 10.1. The first-order chi connectivity index (χ1) is 11.6. The average Bonchev–Trinajstić information content (AvgIpc) is 3.05. The minimum atomic E-state index is -0.809. The highest BCUT2D eigenvalue weighted by Gasteiger charge is 2.20. The standard InChI is InChI=1S/C17H14FN3O3/c1-11(23-14-9-7-13(18)8-10-14)17(22)19-16-15(20-24-21-16)12-5-3-2-4-6-12/h2-11H,1H3,(H,19,21,22). The third-order valence-electron chi connectivity index (χ3n) is 3.27. The van der Waals surface area contributed by atoms with Crippen molar-refractivity contribution in [3.63, 3.8) is 0 Å². The van der Waals surface area contributed by atoms with Gasteiger partial charge in [0.25, 0.3) is 5.91 Å². The van der Waals surface area contributed by atoms with Crippen LogP contribution in [0, 0.1) is 5.82 Å². The number of nitrogens with zero attached hydrogens (tertiary/aromatic N) is 2. The Bertz CT molecular complexity index is 819. The van der Waals surface area contributed by atoms with Crippen LogP contribution in [0.15, 0.2) is 59.2 Å². The highest BCUT2D eigenvalue weighted by atomic mass is 19.1. The van der Waals surface area contributed by atoms with E-state index in [-0.39, 0.29) is 11.6 Å². The van der Waals surface area contributed by atoms with Crippen LogP contribution in [0.5, 0.6) is 5.75 Å². The topological polar surface area (TPSA) is 77.2 Å². The van der Waals surface area contributed by atoms with Crippen LogP contribution in [0.2, 0.25) is 0 Å². The Morgan fingerprint density at radius 2 is 1.83 bits per heavy atom. The van der Waals surface area contributed by atoms with Gasteiger partial charge in [0.1, 0.15) is 11.6 Å². The summed E-state index contributed by atoms with van der Waals surface area (Å²) in [5.74, 6) is -0.200. The number of anilines is 1. The van der Waals surface area contributed by atoms with Crippen LogP contribution < -0.4 is 10.1 Å². The molecule has 6 nitrogen and oxygen atoms in total. The molecule has 1 heterocycles. The summed E-state index contributed by atoms with van der Waals surface area (Å²) in [5, 5.41) is 10.1. The van der Waals surface area contributed by atoms with Gasteiger partial charge < -0.3 is 10.1 Å². The van der Waals surface area contributed by atoms with Crippen molar-refractivity contribution in [2.24, 2.45) is 0 Å². The van der Waals surface area contributed by atoms with Crippen LogP contribution in [0.3, 0.4) is 0 Å². The molecule has 0 bridgehead atoms. The summed E-state index contributed by atoms with van der Waals surface area (Å²) in [5.41, 5.74) is 1.19. The number of halogens is 1. The second-order valence-corrected chi connectivity index (χ2v) is 5.03. The first-order valence-electron chi connectivity index (χ1n) is 7.24. The number of aromatic nitrogens is 2. The van der Waals surface area contributed by atoms with Crippen LogP contribution in [-0.4, -0.2) is 22.3 Å². The molecule has 0 spiro atoms. The quantitative estimate of drug-likeness (QED) is 0.778. The number of benzene rings is 2. The van der Waals surface area contributed by atoms with Gasteiger partial charge in [0.05, 0.1) is 0 Å². The summed E-state index contributed by atoms with van der Waals surface area (Å²) in [6.45, 7) is 1.58. The molecule has 1 N–H and O–H groups in total. The van der Waals surface area contributed by atoms with Crippen molar-refractivity contribution >= 4 is 11.7 Å². The maximum absolute atomic E-state index is 12.9. The molecule has 0 saturated carbocycles. The molecular weight excluding hydrogens is 313 g/mol. The predicted molar refractivity (Wildman–Crippen MR) is 84.9 cm³/mol.